The number of hydrogen-bond donors (Lipinski definition) is 2. The number of fused-ring (bicyclic) bond motifs is 1. The molecule has 2 N–H and O–H groups in total. The summed E-state index contributed by atoms with van der Waals surface area (Å²) < 4.78 is 5.30. The average molecular weight is 370 g/mol. The molecule has 6 heteroatoms. The van der Waals surface area contributed by atoms with Crippen molar-refractivity contribution in [3.05, 3.63) is 42.0 Å². The minimum Gasteiger partial charge on any atom is -0.497 e. The lowest BCUT2D eigenvalue weighted by atomic mass is 9.85. The molecule has 1 aliphatic rings. The van der Waals surface area contributed by atoms with E-state index in [9.17, 15) is 9.59 Å². The maximum absolute atomic E-state index is 12.5. The van der Waals surface area contributed by atoms with Gasteiger partial charge in [0.25, 0.3) is 0 Å². The molecule has 3 rings (SSSR count). The van der Waals surface area contributed by atoms with Crippen LogP contribution in [0.1, 0.15) is 25.3 Å². The van der Waals surface area contributed by atoms with Crippen molar-refractivity contribution in [2.75, 3.05) is 20.2 Å². The molecular weight excluding hydrogens is 344 g/mol. The molecule has 2 aromatic carbocycles. The Balaban J connectivity index is 1.58. The van der Waals surface area contributed by atoms with E-state index in [1.807, 2.05) is 48.2 Å². The van der Waals surface area contributed by atoms with Crippen molar-refractivity contribution in [2.24, 2.45) is 0 Å². The molecule has 2 aromatic rings. The standard InChI is InChI=1S/C21H26N2O4/c1-3-23(13-21(25)26)17-10-16(11-17)22-20(24)9-15-6-4-5-14-7-8-18(27-2)12-19(14)15/h4-8,12,16-17H,3,9-11,13H2,1-2H3,(H,22,24)(H,25,26). The fraction of sp³-hybridized carbons (Fsp3) is 0.429. The van der Waals surface area contributed by atoms with Crippen LogP contribution in [-0.2, 0) is 16.0 Å². The van der Waals surface area contributed by atoms with E-state index in [0.717, 1.165) is 34.9 Å². The molecule has 0 saturated heterocycles. The molecule has 0 atom stereocenters. The number of carbonyl (C=O) groups excluding carboxylic acids is 1. The summed E-state index contributed by atoms with van der Waals surface area (Å²) in [5, 5.41) is 14.1. The van der Waals surface area contributed by atoms with E-state index >= 15 is 0 Å². The molecule has 1 amide bonds. The highest BCUT2D eigenvalue weighted by Crippen LogP contribution is 2.27. The van der Waals surface area contributed by atoms with Crippen LogP contribution in [0.2, 0.25) is 0 Å². The van der Waals surface area contributed by atoms with Gasteiger partial charge < -0.3 is 15.2 Å². The smallest absolute Gasteiger partial charge is 0.317 e. The third kappa shape index (κ3) is 4.57. The molecule has 0 aromatic heterocycles. The second-order valence-electron chi connectivity index (χ2n) is 7.03. The first kappa shape index (κ1) is 19.2. The van der Waals surface area contributed by atoms with Crippen molar-refractivity contribution < 1.29 is 19.4 Å². The Morgan fingerprint density at radius 3 is 2.70 bits per heavy atom. The molecule has 0 aliphatic heterocycles. The molecule has 0 bridgehead atoms. The number of ether oxygens (including phenoxy) is 1. The maximum Gasteiger partial charge on any atom is 0.317 e. The van der Waals surface area contributed by atoms with Gasteiger partial charge in [0.1, 0.15) is 5.75 Å². The lowest BCUT2D eigenvalue weighted by Gasteiger charge is -2.42. The van der Waals surface area contributed by atoms with Crippen molar-refractivity contribution >= 4 is 22.6 Å². The highest BCUT2D eigenvalue weighted by Gasteiger charge is 2.34. The Bertz CT molecular complexity index is 830. The topological polar surface area (TPSA) is 78.9 Å². The molecule has 1 aliphatic carbocycles. The van der Waals surface area contributed by atoms with Crippen LogP contribution in [0.25, 0.3) is 10.8 Å². The van der Waals surface area contributed by atoms with Gasteiger partial charge in [-0.05, 0) is 47.9 Å². The van der Waals surface area contributed by atoms with Crippen molar-refractivity contribution in [2.45, 2.75) is 38.3 Å². The first-order chi connectivity index (χ1) is 13.0. The van der Waals surface area contributed by atoms with E-state index in [2.05, 4.69) is 5.32 Å². The van der Waals surface area contributed by atoms with Gasteiger partial charge in [-0.2, -0.15) is 0 Å². The zero-order valence-electron chi connectivity index (χ0n) is 15.8. The van der Waals surface area contributed by atoms with Gasteiger partial charge in [-0.25, -0.2) is 0 Å². The number of rotatable bonds is 8. The number of hydrogen-bond acceptors (Lipinski definition) is 4. The van der Waals surface area contributed by atoms with E-state index in [-0.39, 0.29) is 24.5 Å². The fourth-order valence-electron chi connectivity index (χ4n) is 3.73. The number of amides is 1. The normalized spacial score (nSPS) is 18.9. The quantitative estimate of drug-likeness (QED) is 0.746. The van der Waals surface area contributed by atoms with E-state index in [1.54, 1.807) is 7.11 Å². The third-order valence-electron chi connectivity index (χ3n) is 5.27. The first-order valence-electron chi connectivity index (χ1n) is 9.31. The molecule has 0 heterocycles. The van der Waals surface area contributed by atoms with Gasteiger partial charge in [0, 0.05) is 12.1 Å². The Morgan fingerprint density at radius 1 is 1.26 bits per heavy atom. The minimum atomic E-state index is -0.810. The second-order valence-corrected chi connectivity index (χ2v) is 7.03. The summed E-state index contributed by atoms with van der Waals surface area (Å²) in [6.07, 6.45) is 1.92. The summed E-state index contributed by atoms with van der Waals surface area (Å²) in [5.74, 6) is -0.0407. The molecule has 0 radical (unpaired) electrons. The third-order valence-corrected chi connectivity index (χ3v) is 5.27. The summed E-state index contributed by atoms with van der Waals surface area (Å²) in [4.78, 5) is 25.3. The largest absolute Gasteiger partial charge is 0.497 e. The predicted molar refractivity (Wildman–Crippen MR) is 104 cm³/mol. The monoisotopic (exact) mass is 370 g/mol. The second kappa shape index (κ2) is 8.39. The SMILES string of the molecule is CCN(CC(=O)O)C1CC(NC(=O)Cc2cccc3ccc(OC)cc23)C1. The van der Waals surface area contributed by atoms with Gasteiger partial charge in [-0.1, -0.05) is 31.2 Å². The maximum atomic E-state index is 12.5. The van der Waals surface area contributed by atoms with Gasteiger partial charge in [0.2, 0.25) is 5.91 Å². The number of benzene rings is 2. The lowest BCUT2D eigenvalue weighted by Crippen LogP contribution is -2.55. The molecule has 6 nitrogen and oxygen atoms in total. The average Bonchev–Trinajstić information content (AvgIpc) is 2.62. The van der Waals surface area contributed by atoms with Gasteiger partial charge in [-0.3, -0.25) is 14.5 Å². The molecule has 27 heavy (non-hydrogen) atoms. The number of nitrogens with zero attached hydrogens (tertiary/aromatic N) is 1. The fourth-order valence-corrected chi connectivity index (χ4v) is 3.73. The molecular formula is C21H26N2O4. The van der Waals surface area contributed by atoms with Crippen molar-refractivity contribution in [1.82, 2.24) is 10.2 Å². The molecule has 1 fully saturated rings. The van der Waals surface area contributed by atoms with E-state index < -0.39 is 5.97 Å². The predicted octanol–water partition coefficient (Wildman–Crippen LogP) is 2.44. The minimum absolute atomic E-state index is 0.00458. The van der Waals surface area contributed by atoms with Gasteiger partial charge in [-0.15, -0.1) is 0 Å². The van der Waals surface area contributed by atoms with Crippen molar-refractivity contribution in [1.29, 1.82) is 0 Å². The Hall–Kier alpha value is -2.60. The van der Waals surface area contributed by atoms with Gasteiger partial charge in [0.15, 0.2) is 0 Å². The molecule has 0 unspecified atom stereocenters. The number of carbonyl (C=O) groups is 2. The van der Waals surface area contributed by atoms with Crippen molar-refractivity contribution in [3.63, 3.8) is 0 Å². The number of carboxylic acids is 1. The highest BCUT2D eigenvalue weighted by atomic mass is 16.5. The van der Waals surface area contributed by atoms with Crippen LogP contribution in [0.4, 0.5) is 0 Å². The van der Waals surface area contributed by atoms with Crippen LogP contribution >= 0.6 is 0 Å². The Kier molecular flexibility index (Phi) is 5.96. The number of carboxylic acid groups (broad SMARTS) is 1. The zero-order chi connectivity index (χ0) is 19.4. The summed E-state index contributed by atoms with van der Waals surface area (Å²) in [5.41, 5.74) is 0.973. The van der Waals surface area contributed by atoms with Crippen LogP contribution in [0.3, 0.4) is 0 Å². The van der Waals surface area contributed by atoms with Crippen LogP contribution in [0.15, 0.2) is 36.4 Å². The molecule has 1 saturated carbocycles. The van der Waals surface area contributed by atoms with Crippen LogP contribution < -0.4 is 10.1 Å². The van der Waals surface area contributed by atoms with E-state index in [1.165, 1.54) is 0 Å². The van der Waals surface area contributed by atoms with Crippen LogP contribution in [-0.4, -0.2) is 54.2 Å². The highest BCUT2D eigenvalue weighted by molar-refractivity contribution is 5.91. The lowest BCUT2D eigenvalue weighted by molar-refractivity contribution is -0.139. The number of aliphatic carboxylic acids is 1. The summed E-state index contributed by atoms with van der Waals surface area (Å²) in [7, 11) is 1.63. The van der Waals surface area contributed by atoms with E-state index in [4.69, 9.17) is 9.84 Å². The number of methoxy groups -OCH3 is 1. The van der Waals surface area contributed by atoms with Gasteiger partial charge >= 0.3 is 5.97 Å². The van der Waals surface area contributed by atoms with Gasteiger partial charge in [0.05, 0.1) is 20.1 Å². The molecule has 0 spiro atoms. The Morgan fingerprint density at radius 2 is 2.04 bits per heavy atom. The molecule has 144 valence electrons. The summed E-state index contributed by atoms with van der Waals surface area (Å²) >= 11 is 0. The zero-order valence-corrected chi connectivity index (χ0v) is 15.8. The number of likely N-dealkylation sites (N-methyl/N-ethyl adjacent to an activating group) is 1. The van der Waals surface area contributed by atoms with Crippen molar-refractivity contribution in [3.8, 4) is 5.75 Å². The van der Waals surface area contributed by atoms with Crippen LogP contribution in [0.5, 0.6) is 5.75 Å². The summed E-state index contributed by atoms with van der Waals surface area (Å²) in [6, 6.07) is 12.2. The Labute approximate surface area is 159 Å². The number of nitrogens with one attached hydrogen (secondary N) is 1. The van der Waals surface area contributed by atoms with E-state index in [0.29, 0.717) is 13.0 Å². The first-order valence-corrected chi connectivity index (χ1v) is 9.31. The summed E-state index contributed by atoms with van der Waals surface area (Å²) in [6.45, 7) is 2.72. The van der Waals surface area contributed by atoms with Crippen LogP contribution in [0, 0.1) is 0 Å².